The number of hydrogen-bond acceptors (Lipinski definition) is 2. The van der Waals surface area contributed by atoms with Crippen LogP contribution < -0.4 is 4.90 Å². The molecule has 1 fully saturated rings. The summed E-state index contributed by atoms with van der Waals surface area (Å²) in [6.07, 6.45) is 3.86. The van der Waals surface area contributed by atoms with Crippen LogP contribution in [0.2, 0.25) is 5.02 Å². The first kappa shape index (κ1) is 13.0. The van der Waals surface area contributed by atoms with Crippen LogP contribution in [0.3, 0.4) is 0 Å². The summed E-state index contributed by atoms with van der Waals surface area (Å²) in [6.45, 7) is 4.21. The molecule has 0 aromatic heterocycles. The molecule has 1 aliphatic rings. The minimum atomic E-state index is -0.962. The summed E-state index contributed by atoms with van der Waals surface area (Å²) in [5.74, 6) is -0.295. The Kier molecular flexibility index (Phi) is 3.92. The lowest BCUT2D eigenvalue weighted by Crippen LogP contribution is -2.20. The van der Waals surface area contributed by atoms with Crippen LogP contribution >= 0.6 is 11.6 Å². The van der Waals surface area contributed by atoms with E-state index in [1.54, 1.807) is 12.1 Å². The van der Waals surface area contributed by atoms with Crippen molar-refractivity contribution < 1.29 is 9.90 Å². The summed E-state index contributed by atoms with van der Waals surface area (Å²) in [5, 5.41) is 9.31. The van der Waals surface area contributed by atoms with Gasteiger partial charge in [0.25, 0.3) is 0 Å². The Labute approximate surface area is 112 Å². The molecule has 18 heavy (non-hydrogen) atoms. The number of carboxylic acids is 1. The average molecular weight is 266 g/mol. The van der Waals surface area contributed by atoms with Crippen molar-refractivity contribution in [2.75, 3.05) is 18.0 Å². The van der Waals surface area contributed by atoms with Gasteiger partial charge in [0, 0.05) is 35.4 Å². The van der Waals surface area contributed by atoms with Gasteiger partial charge < -0.3 is 10.0 Å². The Balaban J connectivity index is 2.34. The van der Waals surface area contributed by atoms with Gasteiger partial charge in [0.2, 0.25) is 0 Å². The van der Waals surface area contributed by atoms with Crippen molar-refractivity contribution in [1.82, 2.24) is 0 Å². The number of rotatable bonds is 3. The second-order valence-electron chi connectivity index (χ2n) is 4.68. The number of carboxylic acid groups (broad SMARTS) is 1. The van der Waals surface area contributed by atoms with Crippen molar-refractivity contribution in [3.05, 3.63) is 34.9 Å². The van der Waals surface area contributed by atoms with E-state index in [0.717, 1.165) is 36.8 Å². The monoisotopic (exact) mass is 265 g/mol. The molecule has 0 spiro atoms. The molecule has 0 radical (unpaired) electrons. The predicted octanol–water partition coefficient (Wildman–Crippen LogP) is 3.28. The van der Waals surface area contributed by atoms with Crippen LogP contribution in [0.5, 0.6) is 0 Å². The fourth-order valence-electron chi connectivity index (χ4n) is 2.27. The van der Waals surface area contributed by atoms with E-state index in [1.165, 1.54) is 0 Å². The summed E-state index contributed by atoms with van der Waals surface area (Å²) in [4.78, 5) is 12.9. The highest BCUT2D eigenvalue weighted by Crippen LogP contribution is 2.32. The van der Waals surface area contributed by atoms with E-state index in [1.807, 2.05) is 12.1 Å². The number of carbonyl (C=O) groups is 1. The predicted molar refractivity (Wildman–Crippen MR) is 74.1 cm³/mol. The van der Waals surface area contributed by atoms with Crippen LogP contribution in [0, 0.1) is 5.92 Å². The van der Waals surface area contributed by atoms with Crippen LogP contribution in [-0.4, -0.2) is 24.2 Å². The minimum absolute atomic E-state index is 0.588. The van der Waals surface area contributed by atoms with Crippen LogP contribution in [0.25, 0.3) is 6.08 Å². The third kappa shape index (κ3) is 2.85. The second-order valence-corrected chi connectivity index (χ2v) is 5.09. The van der Waals surface area contributed by atoms with Gasteiger partial charge in [0.05, 0.1) is 0 Å². The van der Waals surface area contributed by atoms with E-state index in [4.69, 9.17) is 16.7 Å². The lowest BCUT2D eigenvalue weighted by Gasteiger charge is -2.21. The van der Waals surface area contributed by atoms with Gasteiger partial charge in [0.15, 0.2) is 0 Å². The van der Waals surface area contributed by atoms with Gasteiger partial charge in [-0.25, -0.2) is 4.79 Å². The van der Waals surface area contributed by atoms with Gasteiger partial charge >= 0.3 is 5.97 Å². The number of aliphatic carboxylic acids is 1. The molecule has 0 aliphatic carbocycles. The molecule has 1 unspecified atom stereocenters. The van der Waals surface area contributed by atoms with Crippen molar-refractivity contribution in [1.29, 1.82) is 0 Å². The van der Waals surface area contributed by atoms with Gasteiger partial charge in [-0.2, -0.15) is 0 Å². The van der Waals surface area contributed by atoms with Crippen molar-refractivity contribution in [3.63, 3.8) is 0 Å². The number of halogens is 1. The van der Waals surface area contributed by atoms with Crippen LogP contribution in [-0.2, 0) is 4.79 Å². The normalized spacial score (nSPS) is 19.7. The van der Waals surface area contributed by atoms with Crippen molar-refractivity contribution in [3.8, 4) is 0 Å². The Morgan fingerprint density at radius 2 is 2.33 bits per heavy atom. The van der Waals surface area contributed by atoms with E-state index in [9.17, 15) is 4.79 Å². The van der Waals surface area contributed by atoms with E-state index in [0.29, 0.717) is 10.9 Å². The summed E-state index contributed by atoms with van der Waals surface area (Å²) in [7, 11) is 0. The first-order chi connectivity index (χ1) is 8.58. The van der Waals surface area contributed by atoms with E-state index in [2.05, 4.69) is 11.8 Å². The molecule has 1 atom stereocenters. The Hall–Kier alpha value is -1.48. The quantitative estimate of drug-likeness (QED) is 0.853. The average Bonchev–Trinajstić information content (AvgIpc) is 2.73. The molecular formula is C14H16ClNO2. The number of nitrogens with zero attached hydrogens (tertiary/aromatic N) is 1. The Morgan fingerprint density at radius 1 is 1.56 bits per heavy atom. The Morgan fingerprint density at radius 3 is 2.94 bits per heavy atom. The van der Waals surface area contributed by atoms with E-state index < -0.39 is 5.97 Å². The molecule has 0 amide bonds. The lowest BCUT2D eigenvalue weighted by molar-refractivity contribution is -0.131. The molecule has 0 bridgehead atoms. The molecule has 1 aliphatic heterocycles. The fraction of sp³-hybridized carbons (Fsp3) is 0.357. The highest BCUT2D eigenvalue weighted by molar-refractivity contribution is 6.32. The largest absolute Gasteiger partial charge is 0.478 e. The van der Waals surface area contributed by atoms with Gasteiger partial charge in [-0.3, -0.25) is 0 Å². The molecule has 1 N–H and O–H groups in total. The van der Waals surface area contributed by atoms with Crippen LogP contribution in [0.1, 0.15) is 18.9 Å². The maximum absolute atomic E-state index is 10.6. The zero-order valence-electron chi connectivity index (χ0n) is 10.3. The molecule has 4 heteroatoms. The number of benzene rings is 1. The first-order valence-electron chi connectivity index (χ1n) is 6.02. The number of hydrogen-bond donors (Lipinski definition) is 1. The van der Waals surface area contributed by atoms with E-state index >= 15 is 0 Å². The smallest absolute Gasteiger partial charge is 0.328 e. The molecule has 1 aromatic carbocycles. The molecule has 3 nitrogen and oxygen atoms in total. The van der Waals surface area contributed by atoms with Crippen LogP contribution in [0.15, 0.2) is 24.3 Å². The van der Waals surface area contributed by atoms with Gasteiger partial charge in [-0.1, -0.05) is 24.6 Å². The standard InChI is InChI=1S/C14H16ClNO2/c1-10-7-8-16(9-10)13-4-2-3-12(15)11(13)5-6-14(17)18/h2-6,10H,7-9H2,1H3,(H,17,18). The topological polar surface area (TPSA) is 40.5 Å². The molecule has 1 saturated heterocycles. The summed E-state index contributed by atoms with van der Waals surface area (Å²) >= 11 is 6.16. The summed E-state index contributed by atoms with van der Waals surface area (Å²) in [5.41, 5.74) is 1.81. The Bertz CT molecular complexity index is 485. The van der Waals surface area contributed by atoms with Gasteiger partial charge in [-0.15, -0.1) is 0 Å². The van der Waals surface area contributed by atoms with Crippen molar-refractivity contribution in [2.45, 2.75) is 13.3 Å². The maximum atomic E-state index is 10.6. The molecule has 1 aromatic rings. The van der Waals surface area contributed by atoms with Gasteiger partial charge in [0.1, 0.15) is 0 Å². The third-order valence-electron chi connectivity index (χ3n) is 3.19. The summed E-state index contributed by atoms with van der Waals surface area (Å²) in [6, 6.07) is 5.68. The van der Waals surface area contributed by atoms with Crippen molar-refractivity contribution >= 4 is 29.3 Å². The SMILES string of the molecule is CC1CCN(c2cccc(Cl)c2C=CC(=O)O)C1. The van der Waals surface area contributed by atoms with E-state index in [-0.39, 0.29) is 0 Å². The van der Waals surface area contributed by atoms with Gasteiger partial charge in [-0.05, 0) is 30.5 Å². The molecular weight excluding hydrogens is 250 g/mol. The summed E-state index contributed by atoms with van der Waals surface area (Å²) < 4.78 is 0. The fourth-order valence-corrected chi connectivity index (χ4v) is 2.51. The first-order valence-corrected chi connectivity index (χ1v) is 6.40. The van der Waals surface area contributed by atoms with Crippen LogP contribution in [0.4, 0.5) is 5.69 Å². The highest BCUT2D eigenvalue weighted by atomic mass is 35.5. The molecule has 1 heterocycles. The number of anilines is 1. The highest BCUT2D eigenvalue weighted by Gasteiger charge is 2.21. The molecule has 0 saturated carbocycles. The zero-order chi connectivity index (χ0) is 13.1. The second kappa shape index (κ2) is 5.44. The minimum Gasteiger partial charge on any atom is -0.478 e. The zero-order valence-corrected chi connectivity index (χ0v) is 11.0. The van der Waals surface area contributed by atoms with Crippen molar-refractivity contribution in [2.24, 2.45) is 5.92 Å². The molecule has 2 rings (SSSR count). The molecule has 96 valence electrons. The lowest BCUT2D eigenvalue weighted by atomic mass is 10.1. The third-order valence-corrected chi connectivity index (χ3v) is 3.52. The maximum Gasteiger partial charge on any atom is 0.328 e.